The Morgan fingerprint density at radius 3 is 2.75 bits per heavy atom. The first-order valence-electron chi connectivity index (χ1n) is 9.77. The Balaban J connectivity index is 1.34. The third-order valence-corrected chi connectivity index (χ3v) is 4.93. The normalized spacial score (nSPS) is 10.7. The van der Waals surface area contributed by atoms with E-state index in [1.165, 1.54) is 29.6 Å². The summed E-state index contributed by atoms with van der Waals surface area (Å²) < 4.78 is 9.34. The van der Waals surface area contributed by atoms with Crippen molar-refractivity contribution >= 4 is 28.0 Å². The van der Waals surface area contributed by atoms with Gasteiger partial charge in [-0.25, -0.2) is 9.78 Å². The number of benzene rings is 1. The zero-order valence-electron chi connectivity index (χ0n) is 17.5. The number of carbonyl (C=O) groups excluding carboxylic acids is 1. The average molecular weight is 432 g/mol. The predicted molar refractivity (Wildman–Crippen MR) is 118 cm³/mol. The molecule has 0 aliphatic heterocycles. The summed E-state index contributed by atoms with van der Waals surface area (Å²) in [5.41, 5.74) is 0.197. The maximum Gasteiger partial charge on any atom is 0.332 e. The average Bonchev–Trinajstić information content (AvgIpc) is 3.22. The Hall–Kier alpha value is -4.39. The monoisotopic (exact) mass is 432 g/mol. The van der Waals surface area contributed by atoms with Crippen LogP contribution < -0.4 is 21.3 Å². The lowest BCUT2D eigenvalue weighted by Crippen LogP contribution is -2.38. The van der Waals surface area contributed by atoms with Gasteiger partial charge in [0, 0.05) is 25.7 Å². The zero-order valence-corrected chi connectivity index (χ0v) is 17.5. The van der Waals surface area contributed by atoms with Gasteiger partial charge in [0.2, 0.25) is 5.91 Å². The Bertz CT molecular complexity index is 1500. The number of amides is 1. The van der Waals surface area contributed by atoms with Crippen LogP contribution in [0.5, 0.6) is 5.75 Å². The molecule has 32 heavy (non-hydrogen) atoms. The summed E-state index contributed by atoms with van der Waals surface area (Å²) in [6.07, 6.45) is 3.07. The Morgan fingerprint density at radius 1 is 1.09 bits per heavy atom. The number of aryl methyl sites for hydroxylation is 1. The van der Waals surface area contributed by atoms with Gasteiger partial charge in [-0.2, -0.15) is 0 Å². The van der Waals surface area contributed by atoms with Crippen LogP contribution in [0.1, 0.15) is 0 Å². The third kappa shape index (κ3) is 3.96. The van der Waals surface area contributed by atoms with Crippen LogP contribution in [0.4, 0.5) is 0 Å². The molecule has 4 rings (SSSR count). The van der Waals surface area contributed by atoms with Gasteiger partial charge in [0.1, 0.15) is 24.4 Å². The molecule has 1 N–H and O–H groups in total. The number of nitrogens with one attached hydrogen (secondary N) is 1. The molecular formula is C22H20N6O4. The first-order chi connectivity index (χ1) is 15.5. The third-order valence-electron chi connectivity index (χ3n) is 4.93. The van der Waals surface area contributed by atoms with E-state index in [2.05, 4.69) is 27.1 Å². The molecule has 3 heterocycles. The first-order valence-corrected chi connectivity index (χ1v) is 9.77. The van der Waals surface area contributed by atoms with E-state index in [9.17, 15) is 14.4 Å². The first kappa shape index (κ1) is 20.9. The predicted octanol–water partition coefficient (Wildman–Crippen LogP) is 0.180. The second-order valence-corrected chi connectivity index (χ2v) is 7.00. The summed E-state index contributed by atoms with van der Waals surface area (Å²) in [4.78, 5) is 45.1. The highest BCUT2D eigenvalue weighted by molar-refractivity contribution is 5.84. The Labute approximate surface area is 182 Å². The van der Waals surface area contributed by atoms with Gasteiger partial charge in [-0.3, -0.25) is 23.7 Å². The van der Waals surface area contributed by atoms with Crippen molar-refractivity contribution in [3.8, 4) is 17.6 Å². The summed E-state index contributed by atoms with van der Waals surface area (Å²) in [5, 5.41) is 3.65. The molecule has 0 bridgehead atoms. The molecular weight excluding hydrogens is 412 g/mol. The molecule has 0 spiro atoms. The number of hydrogen-bond donors (Lipinski definition) is 1. The molecule has 0 radical (unpaired) electrons. The number of hydrogen-bond acceptors (Lipinski definition) is 6. The highest BCUT2D eigenvalue weighted by atomic mass is 16.5. The van der Waals surface area contributed by atoms with E-state index in [-0.39, 0.29) is 36.8 Å². The zero-order chi connectivity index (χ0) is 22.7. The summed E-state index contributed by atoms with van der Waals surface area (Å²) in [5.74, 6) is 5.98. The molecule has 10 heteroatoms. The second-order valence-electron chi connectivity index (χ2n) is 7.00. The summed E-state index contributed by atoms with van der Waals surface area (Å²) in [7, 11) is 2.90. The number of nitrogens with zero attached hydrogens (tertiary/aromatic N) is 5. The number of aromatic nitrogens is 5. The standard InChI is InChI=1S/C22H20N6O4/c1-26-20-19(21(30)27(2)22(26)31)28(14-25-20)13-17(29)23-10-3-4-12-32-16-9-5-7-15-8-6-11-24-18(15)16/h5-9,11,14H,10,12-13H2,1-2H3,(H,23,29). The van der Waals surface area contributed by atoms with E-state index >= 15 is 0 Å². The van der Waals surface area contributed by atoms with Crippen molar-refractivity contribution in [1.82, 2.24) is 29.0 Å². The molecule has 1 amide bonds. The second kappa shape index (κ2) is 8.77. The fraction of sp³-hybridized carbons (Fsp3) is 0.227. The highest BCUT2D eigenvalue weighted by Gasteiger charge is 2.15. The van der Waals surface area contributed by atoms with Crippen LogP contribution in [0.15, 0.2) is 52.4 Å². The van der Waals surface area contributed by atoms with Gasteiger partial charge in [-0.05, 0) is 12.1 Å². The van der Waals surface area contributed by atoms with E-state index in [0.29, 0.717) is 5.75 Å². The largest absolute Gasteiger partial charge is 0.479 e. The number of imidazole rings is 1. The van der Waals surface area contributed by atoms with E-state index in [1.54, 1.807) is 6.20 Å². The fourth-order valence-corrected chi connectivity index (χ4v) is 3.29. The SMILES string of the molecule is Cn1c(=O)c2c(ncn2CC(=O)NCC#CCOc2cccc3cccnc23)n(C)c1=O. The topological polar surface area (TPSA) is 113 Å². The van der Waals surface area contributed by atoms with Crippen LogP contribution in [-0.4, -0.2) is 42.7 Å². The lowest BCUT2D eigenvalue weighted by molar-refractivity contribution is -0.121. The molecule has 0 aliphatic rings. The quantitative estimate of drug-likeness (QED) is 0.450. The number of ether oxygens (including phenoxy) is 1. The number of carbonyl (C=O) groups is 1. The van der Waals surface area contributed by atoms with Gasteiger partial charge < -0.3 is 14.6 Å². The molecule has 3 aromatic heterocycles. The van der Waals surface area contributed by atoms with Gasteiger partial charge >= 0.3 is 5.69 Å². The van der Waals surface area contributed by atoms with Crippen molar-refractivity contribution in [1.29, 1.82) is 0 Å². The molecule has 0 fully saturated rings. The minimum Gasteiger partial charge on any atom is -0.479 e. The van der Waals surface area contributed by atoms with Crippen LogP contribution in [0.2, 0.25) is 0 Å². The van der Waals surface area contributed by atoms with Crippen molar-refractivity contribution in [2.45, 2.75) is 6.54 Å². The molecule has 0 unspecified atom stereocenters. The maximum absolute atomic E-state index is 12.4. The van der Waals surface area contributed by atoms with Crippen molar-refractivity contribution in [3.05, 3.63) is 63.7 Å². The smallest absolute Gasteiger partial charge is 0.332 e. The molecule has 0 atom stereocenters. The van der Waals surface area contributed by atoms with Crippen LogP contribution in [0.3, 0.4) is 0 Å². The molecule has 0 saturated heterocycles. The minimum absolute atomic E-state index is 0.121. The van der Waals surface area contributed by atoms with Crippen LogP contribution in [-0.2, 0) is 25.4 Å². The highest BCUT2D eigenvalue weighted by Crippen LogP contribution is 2.22. The van der Waals surface area contributed by atoms with Crippen molar-refractivity contribution in [2.24, 2.45) is 14.1 Å². The van der Waals surface area contributed by atoms with Crippen molar-refractivity contribution < 1.29 is 9.53 Å². The summed E-state index contributed by atoms with van der Waals surface area (Å²) in [6.45, 7) is 0.157. The lowest BCUT2D eigenvalue weighted by Gasteiger charge is -2.06. The van der Waals surface area contributed by atoms with Gasteiger partial charge in [-0.1, -0.05) is 30.0 Å². The summed E-state index contributed by atoms with van der Waals surface area (Å²) in [6, 6.07) is 9.48. The molecule has 1 aromatic carbocycles. The number of para-hydroxylation sites is 1. The molecule has 10 nitrogen and oxygen atoms in total. The maximum atomic E-state index is 12.4. The van der Waals surface area contributed by atoms with Crippen molar-refractivity contribution in [3.63, 3.8) is 0 Å². The summed E-state index contributed by atoms with van der Waals surface area (Å²) >= 11 is 0. The van der Waals surface area contributed by atoms with Gasteiger partial charge in [0.15, 0.2) is 11.2 Å². The van der Waals surface area contributed by atoms with E-state index in [4.69, 9.17) is 4.74 Å². The van der Waals surface area contributed by atoms with E-state index < -0.39 is 11.2 Å². The Kier molecular flexibility index (Phi) is 5.72. The van der Waals surface area contributed by atoms with Crippen LogP contribution in [0, 0.1) is 11.8 Å². The molecule has 0 aliphatic carbocycles. The van der Waals surface area contributed by atoms with Gasteiger partial charge in [0.25, 0.3) is 5.56 Å². The molecule has 162 valence electrons. The number of fused-ring (bicyclic) bond motifs is 2. The number of pyridine rings is 1. The van der Waals surface area contributed by atoms with Gasteiger partial charge in [0.05, 0.1) is 12.9 Å². The van der Waals surface area contributed by atoms with Crippen LogP contribution >= 0.6 is 0 Å². The lowest BCUT2D eigenvalue weighted by atomic mass is 10.2. The fourth-order valence-electron chi connectivity index (χ4n) is 3.29. The number of rotatable bonds is 5. The van der Waals surface area contributed by atoms with E-state index in [1.807, 2.05) is 30.3 Å². The van der Waals surface area contributed by atoms with Crippen LogP contribution in [0.25, 0.3) is 22.1 Å². The van der Waals surface area contributed by atoms with E-state index in [0.717, 1.165) is 15.5 Å². The Morgan fingerprint density at radius 2 is 1.91 bits per heavy atom. The van der Waals surface area contributed by atoms with Crippen molar-refractivity contribution in [2.75, 3.05) is 13.2 Å². The van der Waals surface area contributed by atoms with Gasteiger partial charge in [-0.15, -0.1) is 0 Å². The molecule has 4 aromatic rings. The molecule has 0 saturated carbocycles. The minimum atomic E-state index is -0.506.